The van der Waals surface area contributed by atoms with E-state index in [2.05, 4.69) is 19.2 Å². The van der Waals surface area contributed by atoms with Crippen LogP contribution < -0.4 is 5.32 Å². The van der Waals surface area contributed by atoms with Gasteiger partial charge in [-0.1, -0.05) is 13.8 Å². The zero-order valence-electron chi connectivity index (χ0n) is 7.40. The molecule has 0 rings (SSSR count). The lowest BCUT2D eigenvalue weighted by molar-refractivity contribution is 0.573. The molecule has 0 heterocycles. The van der Waals surface area contributed by atoms with Gasteiger partial charge in [0.15, 0.2) is 0 Å². The number of rotatable bonds is 7. The largest absolute Gasteiger partial charge is 0.316 e. The van der Waals surface area contributed by atoms with Gasteiger partial charge in [0.1, 0.15) is 0 Å². The lowest BCUT2D eigenvalue weighted by Crippen LogP contribution is -2.24. The van der Waals surface area contributed by atoms with Gasteiger partial charge in [-0.05, 0) is 18.2 Å². The molecular weight excluding hydrogens is 178 g/mol. The third kappa shape index (κ3) is 8.51. The summed E-state index contributed by atoms with van der Waals surface area (Å²) in [7, 11) is 0. The number of alkyl halides is 1. The molecule has 1 atom stereocenters. The Morgan fingerprint density at radius 2 is 2.27 bits per heavy atom. The minimum atomic E-state index is 0.600. The molecule has 0 radical (unpaired) electrons. The molecule has 3 heteroatoms. The Morgan fingerprint density at radius 3 is 2.82 bits per heavy atom. The van der Waals surface area contributed by atoms with E-state index in [1.165, 1.54) is 11.5 Å². The molecule has 11 heavy (non-hydrogen) atoms. The highest BCUT2D eigenvalue weighted by Crippen LogP contribution is 1.97. The molecule has 1 N–H and O–H groups in total. The lowest BCUT2D eigenvalue weighted by atomic mass is 10.2. The fourth-order valence-electron chi connectivity index (χ4n) is 0.692. The molecule has 68 valence electrons. The van der Waals surface area contributed by atoms with Crippen LogP contribution in [0.3, 0.4) is 0 Å². The number of thioether (sulfide) groups is 1. The van der Waals surface area contributed by atoms with E-state index < -0.39 is 0 Å². The van der Waals surface area contributed by atoms with E-state index in [0.29, 0.717) is 5.92 Å². The maximum absolute atomic E-state index is 5.65. The normalized spacial score (nSPS) is 13.4. The predicted octanol–water partition coefficient (Wildman–Crippen LogP) is 2.20. The Morgan fingerprint density at radius 1 is 1.55 bits per heavy atom. The quantitative estimate of drug-likeness (QED) is 0.494. The first-order valence-corrected chi connectivity index (χ1v) is 5.84. The van der Waals surface area contributed by atoms with Crippen molar-refractivity contribution in [3.8, 4) is 0 Å². The number of hydrogen-bond donors (Lipinski definition) is 1. The van der Waals surface area contributed by atoms with Gasteiger partial charge in [0.25, 0.3) is 0 Å². The van der Waals surface area contributed by atoms with E-state index in [1.807, 2.05) is 11.8 Å². The molecule has 0 aromatic heterocycles. The molecule has 1 nitrogen and oxygen atoms in total. The highest BCUT2D eigenvalue weighted by Gasteiger charge is 1.97. The third-order valence-corrected chi connectivity index (χ3v) is 2.81. The molecular formula is C8H18ClNS. The van der Waals surface area contributed by atoms with Crippen LogP contribution in [0, 0.1) is 5.92 Å². The van der Waals surface area contributed by atoms with Crippen LogP contribution in [0.15, 0.2) is 0 Å². The third-order valence-electron chi connectivity index (χ3n) is 1.38. The first kappa shape index (κ1) is 11.6. The van der Waals surface area contributed by atoms with Gasteiger partial charge in [0.05, 0.1) is 0 Å². The Hall–Kier alpha value is 0.600. The Labute approximate surface area is 79.3 Å². The fraction of sp³-hybridized carbons (Fsp3) is 1.00. The summed E-state index contributed by atoms with van der Waals surface area (Å²) >= 11 is 7.62. The van der Waals surface area contributed by atoms with Gasteiger partial charge in [-0.3, -0.25) is 0 Å². The summed E-state index contributed by atoms with van der Waals surface area (Å²) in [6.07, 6.45) is 0. The second-order valence-electron chi connectivity index (χ2n) is 2.66. The molecule has 0 fully saturated rings. The van der Waals surface area contributed by atoms with Crippen LogP contribution in [0.4, 0.5) is 0 Å². The van der Waals surface area contributed by atoms with E-state index in [-0.39, 0.29) is 0 Å². The van der Waals surface area contributed by atoms with Crippen LogP contribution in [0.2, 0.25) is 0 Å². The number of halogens is 1. The second-order valence-corrected chi connectivity index (χ2v) is 4.36. The van der Waals surface area contributed by atoms with Crippen molar-refractivity contribution in [2.45, 2.75) is 13.8 Å². The van der Waals surface area contributed by atoms with Crippen molar-refractivity contribution in [1.82, 2.24) is 5.32 Å². The molecule has 0 aromatic carbocycles. The minimum absolute atomic E-state index is 0.600. The molecule has 0 aromatic rings. The maximum Gasteiger partial charge on any atom is 0.0261 e. The zero-order valence-corrected chi connectivity index (χ0v) is 8.97. The zero-order chi connectivity index (χ0) is 8.53. The van der Waals surface area contributed by atoms with Gasteiger partial charge in [-0.2, -0.15) is 11.8 Å². The summed E-state index contributed by atoms with van der Waals surface area (Å²) in [5, 5.41) is 3.37. The van der Waals surface area contributed by atoms with Crippen molar-refractivity contribution in [3.63, 3.8) is 0 Å². The average Bonchev–Trinajstić information content (AvgIpc) is 2.04. The van der Waals surface area contributed by atoms with Crippen molar-refractivity contribution in [1.29, 1.82) is 0 Å². The first-order valence-electron chi connectivity index (χ1n) is 4.15. The SMILES string of the molecule is CCSCCNCC(C)CCl. The van der Waals surface area contributed by atoms with Crippen molar-refractivity contribution < 1.29 is 0 Å². The maximum atomic E-state index is 5.65. The monoisotopic (exact) mass is 195 g/mol. The molecule has 0 aliphatic heterocycles. The van der Waals surface area contributed by atoms with Gasteiger partial charge in [0.2, 0.25) is 0 Å². The van der Waals surface area contributed by atoms with E-state index in [0.717, 1.165) is 19.0 Å². The second kappa shape index (κ2) is 8.69. The van der Waals surface area contributed by atoms with E-state index >= 15 is 0 Å². The van der Waals surface area contributed by atoms with E-state index in [1.54, 1.807) is 0 Å². The van der Waals surface area contributed by atoms with Crippen molar-refractivity contribution in [2.75, 3.05) is 30.5 Å². The number of nitrogens with one attached hydrogen (secondary N) is 1. The van der Waals surface area contributed by atoms with Crippen LogP contribution in [-0.2, 0) is 0 Å². The predicted molar refractivity (Wildman–Crippen MR) is 55.8 cm³/mol. The highest BCUT2D eigenvalue weighted by molar-refractivity contribution is 7.99. The summed E-state index contributed by atoms with van der Waals surface area (Å²) in [5.74, 6) is 3.79. The summed E-state index contributed by atoms with van der Waals surface area (Å²) < 4.78 is 0. The van der Waals surface area contributed by atoms with E-state index in [4.69, 9.17) is 11.6 Å². The minimum Gasteiger partial charge on any atom is -0.316 e. The molecule has 1 unspecified atom stereocenters. The lowest BCUT2D eigenvalue weighted by Gasteiger charge is -2.07. The molecule has 0 aliphatic rings. The molecule has 0 saturated heterocycles. The van der Waals surface area contributed by atoms with Gasteiger partial charge in [0, 0.05) is 18.2 Å². The molecule has 0 amide bonds. The summed E-state index contributed by atoms with van der Waals surface area (Å²) in [6.45, 7) is 6.51. The van der Waals surface area contributed by atoms with Gasteiger partial charge in [-0.25, -0.2) is 0 Å². The van der Waals surface area contributed by atoms with Crippen LogP contribution >= 0.6 is 23.4 Å². The molecule has 0 aliphatic carbocycles. The fourth-order valence-corrected chi connectivity index (χ4v) is 1.38. The van der Waals surface area contributed by atoms with E-state index in [9.17, 15) is 0 Å². The van der Waals surface area contributed by atoms with Crippen LogP contribution in [0.25, 0.3) is 0 Å². The van der Waals surface area contributed by atoms with Crippen molar-refractivity contribution in [2.24, 2.45) is 5.92 Å². The topological polar surface area (TPSA) is 12.0 Å². The summed E-state index contributed by atoms with van der Waals surface area (Å²) in [5.41, 5.74) is 0. The Balaban J connectivity index is 2.89. The smallest absolute Gasteiger partial charge is 0.0261 e. The first-order chi connectivity index (χ1) is 5.31. The number of hydrogen-bond acceptors (Lipinski definition) is 2. The molecule has 0 spiro atoms. The Kier molecular flexibility index (Phi) is 9.17. The standard InChI is InChI=1S/C8H18ClNS/c1-3-11-5-4-10-7-8(2)6-9/h8,10H,3-7H2,1-2H3. The van der Waals surface area contributed by atoms with Gasteiger partial charge >= 0.3 is 0 Å². The molecule has 0 bridgehead atoms. The van der Waals surface area contributed by atoms with Crippen molar-refractivity contribution in [3.05, 3.63) is 0 Å². The van der Waals surface area contributed by atoms with Crippen LogP contribution in [0.5, 0.6) is 0 Å². The van der Waals surface area contributed by atoms with Gasteiger partial charge < -0.3 is 5.32 Å². The Bertz CT molecular complexity index is 80.5. The summed E-state index contributed by atoms with van der Waals surface area (Å²) in [4.78, 5) is 0. The average molecular weight is 196 g/mol. The summed E-state index contributed by atoms with van der Waals surface area (Å²) in [6, 6.07) is 0. The molecule has 0 saturated carbocycles. The van der Waals surface area contributed by atoms with Crippen LogP contribution in [0.1, 0.15) is 13.8 Å². The highest BCUT2D eigenvalue weighted by atomic mass is 35.5. The van der Waals surface area contributed by atoms with Crippen LogP contribution in [-0.4, -0.2) is 30.5 Å². The van der Waals surface area contributed by atoms with Crippen molar-refractivity contribution >= 4 is 23.4 Å². The van der Waals surface area contributed by atoms with Gasteiger partial charge in [-0.15, -0.1) is 11.6 Å².